The van der Waals surface area contributed by atoms with Crippen molar-refractivity contribution in [2.24, 2.45) is 0 Å². The standard InChI is InChI=1S/C28H30N4O4/c1-18(29-2)26(33)31-25(19-11-5-4-6-12-19)28(35)32-22-15-9-7-13-20(22)17-23(32)27(34)30-21-14-8-10-16-24(21)36-3/h4-16,18,23,25,29H,17H2,1-3H3,(H,30,34)(H,31,33). The zero-order valence-electron chi connectivity index (χ0n) is 20.5. The fraction of sp³-hybridized carbons (Fsp3) is 0.250. The summed E-state index contributed by atoms with van der Waals surface area (Å²) in [4.78, 5) is 42.0. The first-order chi connectivity index (χ1) is 17.4. The number of fused-ring (bicyclic) bond motifs is 1. The van der Waals surface area contributed by atoms with Crippen molar-refractivity contribution >= 4 is 29.1 Å². The van der Waals surface area contributed by atoms with Gasteiger partial charge in [-0.1, -0.05) is 60.7 Å². The van der Waals surface area contributed by atoms with Crippen LogP contribution in [0, 0.1) is 0 Å². The van der Waals surface area contributed by atoms with Crippen molar-refractivity contribution in [2.45, 2.75) is 31.5 Å². The van der Waals surface area contributed by atoms with Gasteiger partial charge in [0.1, 0.15) is 17.8 Å². The molecular weight excluding hydrogens is 456 g/mol. The van der Waals surface area contributed by atoms with E-state index in [4.69, 9.17) is 4.74 Å². The molecule has 3 aromatic carbocycles. The van der Waals surface area contributed by atoms with Crippen molar-refractivity contribution in [1.29, 1.82) is 0 Å². The Morgan fingerprint density at radius 1 is 0.944 bits per heavy atom. The molecule has 0 bridgehead atoms. The zero-order chi connectivity index (χ0) is 25.7. The largest absolute Gasteiger partial charge is 0.495 e. The summed E-state index contributed by atoms with van der Waals surface area (Å²) >= 11 is 0. The van der Waals surface area contributed by atoms with Crippen LogP contribution in [0.5, 0.6) is 5.75 Å². The lowest BCUT2D eigenvalue weighted by Gasteiger charge is -2.30. The Kier molecular flexibility index (Phi) is 7.65. The first-order valence-electron chi connectivity index (χ1n) is 11.8. The fourth-order valence-corrected chi connectivity index (χ4v) is 4.30. The van der Waals surface area contributed by atoms with E-state index in [0.29, 0.717) is 29.1 Å². The highest BCUT2D eigenvalue weighted by Crippen LogP contribution is 2.35. The molecule has 3 aromatic rings. The molecule has 1 aliphatic rings. The summed E-state index contributed by atoms with van der Waals surface area (Å²) < 4.78 is 5.37. The number of ether oxygens (including phenoxy) is 1. The molecule has 4 rings (SSSR count). The number of nitrogens with zero attached hydrogens (tertiary/aromatic N) is 1. The third-order valence-electron chi connectivity index (χ3n) is 6.37. The molecule has 0 radical (unpaired) electrons. The van der Waals surface area contributed by atoms with Crippen molar-refractivity contribution in [3.63, 3.8) is 0 Å². The van der Waals surface area contributed by atoms with Crippen LogP contribution in [-0.4, -0.2) is 44.0 Å². The molecule has 3 atom stereocenters. The molecule has 1 heterocycles. The Bertz CT molecular complexity index is 1250. The number of likely N-dealkylation sites (N-methyl/N-ethyl adjacent to an activating group) is 1. The van der Waals surface area contributed by atoms with E-state index in [9.17, 15) is 14.4 Å². The normalized spacial score (nSPS) is 16.0. The molecule has 186 valence electrons. The van der Waals surface area contributed by atoms with Gasteiger partial charge in [-0.15, -0.1) is 0 Å². The van der Waals surface area contributed by atoms with Crippen molar-refractivity contribution < 1.29 is 19.1 Å². The van der Waals surface area contributed by atoms with Crippen LogP contribution in [0.2, 0.25) is 0 Å². The second kappa shape index (κ2) is 11.0. The molecule has 0 saturated heterocycles. The first kappa shape index (κ1) is 24.9. The molecule has 36 heavy (non-hydrogen) atoms. The number of benzene rings is 3. The number of hydrogen-bond donors (Lipinski definition) is 3. The summed E-state index contributed by atoms with van der Waals surface area (Å²) in [6.45, 7) is 1.72. The molecule has 0 fully saturated rings. The molecule has 0 aromatic heterocycles. The Labute approximate surface area is 210 Å². The topological polar surface area (TPSA) is 99.8 Å². The number of anilines is 2. The Morgan fingerprint density at radius 3 is 2.33 bits per heavy atom. The second-order valence-electron chi connectivity index (χ2n) is 8.61. The van der Waals surface area contributed by atoms with Gasteiger partial charge in [-0.05, 0) is 43.3 Å². The molecule has 1 aliphatic heterocycles. The number of nitrogens with one attached hydrogen (secondary N) is 3. The maximum absolute atomic E-state index is 14.1. The third-order valence-corrected chi connectivity index (χ3v) is 6.37. The highest BCUT2D eigenvalue weighted by molar-refractivity contribution is 6.10. The molecule has 3 N–H and O–H groups in total. The summed E-state index contributed by atoms with van der Waals surface area (Å²) in [7, 11) is 3.21. The Morgan fingerprint density at radius 2 is 1.61 bits per heavy atom. The van der Waals surface area contributed by atoms with Crippen molar-refractivity contribution in [2.75, 3.05) is 24.4 Å². The first-order valence-corrected chi connectivity index (χ1v) is 11.8. The van der Waals surface area contributed by atoms with Crippen LogP contribution >= 0.6 is 0 Å². The highest BCUT2D eigenvalue weighted by Gasteiger charge is 2.42. The quantitative estimate of drug-likeness (QED) is 0.455. The van der Waals surface area contributed by atoms with Gasteiger partial charge in [-0.3, -0.25) is 19.3 Å². The lowest BCUT2D eigenvalue weighted by molar-refractivity contribution is -0.129. The average molecular weight is 487 g/mol. The third kappa shape index (κ3) is 5.08. The molecule has 8 nitrogen and oxygen atoms in total. The number of carbonyl (C=O) groups is 3. The van der Waals surface area contributed by atoms with Gasteiger partial charge in [0.25, 0.3) is 5.91 Å². The lowest BCUT2D eigenvalue weighted by atomic mass is 10.0. The maximum atomic E-state index is 14.1. The molecule has 3 amide bonds. The van der Waals surface area contributed by atoms with E-state index in [1.54, 1.807) is 44.3 Å². The zero-order valence-corrected chi connectivity index (χ0v) is 20.5. The molecule has 0 aliphatic carbocycles. The predicted octanol–water partition coefficient (Wildman–Crippen LogP) is 3.06. The van der Waals surface area contributed by atoms with E-state index >= 15 is 0 Å². The fourth-order valence-electron chi connectivity index (χ4n) is 4.30. The van der Waals surface area contributed by atoms with Crippen LogP contribution in [0.1, 0.15) is 24.1 Å². The summed E-state index contributed by atoms with van der Waals surface area (Å²) in [6, 6.07) is 21.3. The number of carbonyl (C=O) groups excluding carboxylic acids is 3. The van der Waals surface area contributed by atoms with Crippen LogP contribution in [0.3, 0.4) is 0 Å². The van der Waals surface area contributed by atoms with Gasteiger partial charge in [0.2, 0.25) is 11.8 Å². The van der Waals surface area contributed by atoms with Crippen LogP contribution in [-0.2, 0) is 20.8 Å². The van der Waals surface area contributed by atoms with Gasteiger partial charge in [0, 0.05) is 12.1 Å². The SMILES string of the molecule is CNC(C)C(=O)NC(C(=O)N1c2ccccc2CC1C(=O)Nc1ccccc1OC)c1ccccc1. The minimum Gasteiger partial charge on any atom is -0.495 e. The lowest BCUT2D eigenvalue weighted by Crippen LogP contribution is -2.52. The molecule has 0 spiro atoms. The van der Waals surface area contributed by atoms with Gasteiger partial charge < -0.3 is 20.7 Å². The Hall–Kier alpha value is -4.17. The number of rotatable bonds is 8. The predicted molar refractivity (Wildman–Crippen MR) is 139 cm³/mol. The minimum atomic E-state index is -0.970. The van der Waals surface area contributed by atoms with Crippen LogP contribution in [0.25, 0.3) is 0 Å². The van der Waals surface area contributed by atoms with E-state index < -0.39 is 18.1 Å². The molecule has 0 saturated carbocycles. The summed E-state index contributed by atoms with van der Waals surface area (Å²) in [5.74, 6) is -0.523. The average Bonchev–Trinajstić information content (AvgIpc) is 3.31. The number of para-hydroxylation sites is 3. The van der Waals surface area contributed by atoms with Crippen molar-refractivity contribution in [1.82, 2.24) is 10.6 Å². The minimum absolute atomic E-state index is 0.317. The van der Waals surface area contributed by atoms with Crippen molar-refractivity contribution in [3.8, 4) is 5.75 Å². The Balaban J connectivity index is 1.70. The van der Waals surface area contributed by atoms with Gasteiger partial charge in [0.05, 0.1) is 18.8 Å². The van der Waals surface area contributed by atoms with Gasteiger partial charge in [-0.25, -0.2) is 0 Å². The number of hydrogen-bond acceptors (Lipinski definition) is 5. The summed E-state index contributed by atoms with van der Waals surface area (Å²) in [5.41, 5.74) is 2.68. The summed E-state index contributed by atoms with van der Waals surface area (Å²) in [6.07, 6.45) is 0.352. The number of amides is 3. The second-order valence-corrected chi connectivity index (χ2v) is 8.61. The van der Waals surface area contributed by atoms with E-state index in [0.717, 1.165) is 5.56 Å². The van der Waals surface area contributed by atoms with E-state index in [1.807, 2.05) is 48.5 Å². The van der Waals surface area contributed by atoms with Crippen LogP contribution in [0.15, 0.2) is 78.9 Å². The van der Waals surface area contributed by atoms with Gasteiger partial charge in [-0.2, -0.15) is 0 Å². The van der Waals surface area contributed by atoms with Gasteiger partial charge >= 0.3 is 0 Å². The van der Waals surface area contributed by atoms with E-state index in [-0.39, 0.29) is 17.7 Å². The molecule has 8 heteroatoms. The van der Waals surface area contributed by atoms with Crippen molar-refractivity contribution in [3.05, 3.63) is 90.0 Å². The van der Waals surface area contributed by atoms with Gasteiger partial charge in [0.15, 0.2) is 0 Å². The maximum Gasteiger partial charge on any atom is 0.254 e. The monoisotopic (exact) mass is 486 g/mol. The smallest absolute Gasteiger partial charge is 0.254 e. The van der Waals surface area contributed by atoms with E-state index in [2.05, 4.69) is 16.0 Å². The van der Waals surface area contributed by atoms with Crippen LogP contribution < -0.4 is 25.6 Å². The summed E-state index contributed by atoms with van der Waals surface area (Å²) in [5, 5.41) is 8.69. The van der Waals surface area contributed by atoms with E-state index in [1.165, 1.54) is 12.0 Å². The number of methoxy groups -OCH3 is 1. The molecule has 3 unspecified atom stereocenters. The molecular formula is C28H30N4O4. The highest BCUT2D eigenvalue weighted by atomic mass is 16.5. The van der Waals surface area contributed by atoms with Crippen LogP contribution in [0.4, 0.5) is 11.4 Å².